The Bertz CT molecular complexity index is 908. The molecule has 1 aliphatic carbocycles. The highest BCUT2D eigenvalue weighted by Crippen LogP contribution is 2.38. The fourth-order valence-electron chi connectivity index (χ4n) is 3.82. The summed E-state index contributed by atoms with van der Waals surface area (Å²) in [5.41, 5.74) is 0.782. The fraction of sp³-hybridized carbons (Fsp3) is 0.400. The lowest BCUT2D eigenvalue weighted by Crippen LogP contribution is -2.33. The molecule has 2 aromatic rings. The van der Waals surface area contributed by atoms with Gasteiger partial charge in [-0.25, -0.2) is 17.5 Å². The molecule has 1 heterocycles. The first-order valence-corrected chi connectivity index (χ1v) is 10.7. The maximum Gasteiger partial charge on any atom is 0.241 e. The number of halogens is 1. The second kappa shape index (κ2) is 7.48. The second-order valence-electron chi connectivity index (χ2n) is 7.00. The fourth-order valence-corrected chi connectivity index (χ4v) is 5.13. The van der Waals surface area contributed by atoms with E-state index in [0.717, 1.165) is 31.2 Å². The summed E-state index contributed by atoms with van der Waals surface area (Å²) in [5, 5.41) is 0. The Morgan fingerprint density at radius 2 is 1.63 bits per heavy atom. The van der Waals surface area contributed by atoms with Crippen LogP contribution in [-0.4, -0.2) is 21.6 Å². The third-order valence-electron chi connectivity index (χ3n) is 5.21. The molecule has 1 aliphatic heterocycles. The van der Waals surface area contributed by atoms with Crippen LogP contribution in [0.25, 0.3) is 0 Å². The summed E-state index contributed by atoms with van der Waals surface area (Å²) in [7, 11) is -3.77. The Morgan fingerprint density at radius 1 is 0.963 bits per heavy atom. The number of hydrogen-bond acceptors (Lipinski definition) is 4. The van der Waals surface area contributed by atoms with Gasteiger partial charge in [0, 0.05) is 12.1 Å². The molecule has 1 N–H and O–H groups in total. The number of nitrogens with one attached hydrogen (secondary N) is 1. The third kappa shape index (κ3) is 3.94. The van der Waals surface area contributed by atoms with E-state index in [2.05, 4.69) is 4.72 Å². The van der Waals surface area contributed by atoms with Crippen LogP contribution in [0.2, 0.25) is 0 Å². The van der Waals surface area contributed by atoms with Gasteiger partial charge in [0.25, 0.3) is 0 Å². The summed E-state index contributed by atoms with van der Waals surface area (Å²) in [6.07, 6.45) is 4.06. The molecule has 2 aliphatic rings. The van der Waals surface area contributed by atoms with Crippen LogP contribution in [-0.2, 0) is 10.0 Å². The van der Waals surface area contributed by atoms with Gasteiger partial charge in [-0.05, 0) is 48.6 Å². The largest absolute Gasteiger partial charge is 0.486 e. The Hall–Kier alpha value is -2.12. The predicted octanol–water partition coefficient (Wildman–Crippen LogP) is 3.81. The Kier molecular flexibility index (Phi) is 5.06. The van der Waals surface area contributed by atoms with Crippen LogP contribution in [0.3, 0.4) is 0 Å². The molecule has 1 saturated carbocycles. The smallest absolute Gasteiger partial charge is 0.241 e. The lowest BCUT2D eigenvalue weighted by Gasteiger charge is -2.25. The molecular formula is C20H22FNO4S. The Labute approximate surface area is 158 Å². The molecule has 27 heavy (non-hydrogen) atoms. The lowest BCUT2D eigenvalue weighted by molar-refractivity contribution is 0.171. The Balaban J connectivity index is 1.64. The average Bonchev–Trinajstić information content (AvgIpc) is 3.21. The van der Waals surface area contributed by atoms with Crippen molar-refractivity contribution in [2.45, 2.75) is 36.6 Å². The molecule has 7 heteroatoms. The van der Waals surface area contributed by atoms with E-state index in [-0.39, 0.29) is 22.7 Å². The summed E-state index contributed by atoms with van der Waals surface area (Å²) in [6.45, 7) is 0.843. The van der Waals surface area contributed by atoms with Gasteiger partial charge in [0.2, 0.25) is 10.0 Å². The summed E-state index contributed by atoms with van der Waals surface area (Å²) >= 11 is 0. The van der Waals surface area contributed by atoms with Crippen molar-refractivity contribution in [1.82, 2.24) is 4.72 Å². The molecule has 0 saturated heterocycles. The van der Waals surface area contributed by atoms with Gasteiger partial charge in [0.15, 0.2) is 11.5 Å². The van der Waals surface area contributed by atoms with Gasteiger partial charge in [-0.2, -0.15) is 0 Å². The van der Waals surface area contributed by atoms with Crippen LogP contribution in [0, 0.1) is 11.7 Å². The number of rotatable bonds is 5. The van der Waals surface area contributed by atoms with Crippen molar-refractivity contribution in [2.24, 2.45) is 5.92 Å². The number of hydrogen-bond donors (Lipinski definition) is 1. The Morgan fingerprint density at radius 3 is 2.33 bits per heavy atom. The van der Waals surface area contributed by atoms with E-state index in [1.807, 2.05) is 0 Å². The zero-order valence-electron chi connectivity index (χ0n) is 14.9. The zero-order valence-corrected chi connectivity index (χ0v) is 15.7. The van der Waals surface area contributed by atoms with Crippen molar-refractivity contribution in [1.29, 1.82) is 0 Å². The number of ether oxygens (including phenoxy) is 2. The predicted molar refractivity (Wildman–Crippen MR) is 98.9 cm³/mol. The minimum absolute atomic E-state index is 0.136. The molecule has 144 valence electrons. The maximum atomic E-state index is 13.3. The second-order valence-corrected chi connectivity index (χ2v) is 8.71. The van der Waals surface area contributed by atoms with Crippen LogP contribution < -0.4 is 14.2 Å². The van der Waals surface area contributed by atoms with E-state index in [4.69, 9.17) is 9.47 Å². The number of benzene rings is 2. The molecule has 0 amide bonds. The first-order valence-electron chi connectivity index (χ1n) is 9.20. The van der Waals surface area contributed by atoms with Crippen molar-refractivity contribution in [3.8, 4) is 11.5 Å². The van der Waals surface area contributed by atoms with Crippen LogP contribution in [0.15, 0.2) is 47.4 Å². The van der Waals surface area contributed by atoms with E-state index >= 15 is 0 Å². The van der Waals surface area contributed by atoms with Gasteiger partial charge in [-0.15, -0.1) is 0 Å². The highest BCUT2D eigenvalue weighted by molar-refractivity contribution is 7.89. The van der Waals surface area contributed by atoms with Crippen molar-refractivity contribution in [3.05, 3.63) is 53.8 Å². The van der Waals surface area contributed by atoms with Crippen molar-refractivity contribution in [2.75, 3.05) is 13.2 Å². The van der Waals surface area contributed by atoms with Gasteiger partial charge in [0.1, 0.15) is 19.0 Å². The molecule has 0 bridgehead atoms. The summed E-state index contributed by atoms with van der Waals surface area (Å²) < 4.78 is 53.2. The van der Waals surface area contributed by atoms with E-state index < -0.39 is 10.0 Å². The highest BCUT2D eigenvalue weighted by atomic mass is 32.2. The van der Waals surface area contributed by atoms with Gasteiger partial charge in [-0.3, -0.25) is 0 Å². The van der Waals surface area contributed by atoms with Crippen molar-refractivity contribution >= 4 is 10.0 Å². The monoisotopic (exact) mass is 391 g/mol. The molecule has 0 radical (unpaired) electrons. The summed E-state index contributed by atoms with van der Waals surface area (Å²) in [4.78, 5) is 0.136. The first-order chi connectivity index (χ1) is 13.0. The molecule has 1 atom stereocenters. The summed E-state index contributed by atoms with van der Waals surface area (Å²) in [6, 6.07) is 10.3. The minimum Gasteiger partial charge on any atom is -0.486 e. The lowest BCUT2D eigenvalue weighted by atomic mass is 9.92. The average molecular weight is 391 g/mol. The third-order valence-corrected chi connectivity index (χ3v) is 6.65. The van der Waals surface area contributed by atoms with E-state index in [1.54, 1.807) is 18.2 Å². The standard InChI is InChI=1S/C20H22FNO4S/c21-16-7-5-15(6-8-16)20(14-3-1-2-4-14)22-27(23,24)17-9-10-18-19(13-17)26-12-11-25-18/h5-10,13-14,20,22H,1-4,11-12H2. The molecular weight excluding hydrogens is 369 g/mol. The normalized spacial score (nSPS) is 18.4. The van der Waals surface area contributed by atoms with Gasteiger partial charge in [-0.1, -0.05) is 25.0 Å². The first kappa shape index (κ1) is 18.3. The number of fused-ring (bicyclic) bond motifs is 1. The van der Waals surface area contributed by atoms with Crippen LogP contribution in [0.1, 0.15) is 37.3 Å². The maximum absolute atomic E-state index is 13.3. The molecule has 0 aromatic heterocycles. The topological polar surface area (TPSA) is 64.6 Å². The number of sulfonamides is 1. The molecule has 4 rings (SSSR count). The molecule has 2 aromatic carbocycles. The van der Waals surface area contributed by atoms with E-state index in [0.29, 0.717) is 24.7 Å². The molecule has 0 spiro atoms. The van der Waals surface area contributed by atoms with Crippen LogP contribution in [0.4, 0.5) is 4.39 Å². The molecule has 5 nitrogen and oxygen atoms in total. The zero-order chi connectivity index (χ0) is 18.9. The summed E-state index contributed by atoms with van der Waals surface area (Å²) in [5.74, 6) is 0.843. The van der Waals surface area contributed by atoms with E-state index in [1.165, 1.54) is 24.3 Å². The van der Waals surface area contributed by atoms with Gasteiger partial charge < -0.3 is 9.47 Å². The van der Waals surface area contributed by atoms with Crippen LogP contribution in [0.5, 0.6) is 11.5 Å². The molecule has 1 unspecified atom stereocenters. The van der Waals surface area contributed by atoms with Crippen LogP contribution >= 0.6 is 0 Å². The quantitative estimate of drug-likeness (QED) is 0.842. The van der Waals surface area contributed by atoms with Gasteiger partial charge in [0.05, 0.1) is 4.90 Å². The van der Waals surface area contributed by atoms with Crippen molar-refractivity contribution in [3.63, 3.8) is 0 Å². The minimum atomic E-state index is -3.77. The van der Waals surface area contributed by atoms with E-state index in [9.17, 15) is 12.8 Å². The molecule has 1 fully saturated rings. The SMILES string of the molecule is O=S(=O)(NC(c1ccc(F)cc1)C1CCCC1)c1ccc2c(c1)OCCO2. The highest BCUT2D eigenvalue weighted by Gasteiger charge is 2.31. The van der Waals surface area contributed by atoms with Crippen molar-refractivity contribution < 1.29 is 22.3 Å². The van der Waals surface area contributed by atoms with Gasteiger partial charge >= 0.3 is 0 Å².